The summed E-state index contributed by atoms with van der Waals surface area (Å²) in [4.78, 5) is 29.4. The molecule has 29 heavy (non-hydrogen) atoms. The number of nitrogens with zero attached hydrogens (tertiary/aromatic N) is 2. The third kappa shape index (κ3) is 5.81. The molecule has 1 saturated heterocycles. The highest BCUT2D eigenvalue weighted by atomic mass is 19.1. The number of methoxy groups -OCH3 is 1. The van der Waals surface area contributed by atoms with E-state index in [0.717, 1.165) is 12.8 Å². The summed E-state index contributed by atoms with van der Waals surface area (Å²) >= 11 is 0. The predicted molar refractivity (Wildman–Crippen MR) is 106 cm³/mol. The van der Waals surface area contributed by atoms with E-state index in [1.807, 2.05) is 0 Å². The zero-order chi connectivity index (χ0) is 20.8. The number of hydrogen-bond acceptors (Lipinski definition) is 5. The number of urea groups is 1. The first-order valence-corrected chi connectivity index (χ1v) is 9.24. The fourth-order valence-corrected chi connectivity index (χ4v) is 3.08. The lowest BCUT2D eigenvalue weighted by atomic mass is 10.1. The van der Waals surface area contributed by atoms with Gasteiger partial charge in [-0.2, -0.15) is 0 Å². The molecule has 1 atom stereocenters. The van der Waals surface area contributed by atoms with Gasteiger partial charge in [-0.05, 0) is 25.0 Å². The number of carbonyl (C=O) groups excluding carboxylic acids is 2. The Morgan fingerprint density at radius 3 is 2.69 bits per heavy atom. The van der Waals surface area contributed by atoms with Crippen LogP contribution in [-0.2, 0) is 4.79 Å². The molecule has 3 rings (SSSR count). The molecule has 1 fully saturated rings. The van der Waals surface area contributed by atoms with Crippen LogP contribution in [0, 0.1) is 5.82 Å². The number of anilines is 2. The summed E-state index contributed by atoms with van der Waals surface area (Å²) in [6.07, 6.45) is 2.82. The Morgan fingerprint density at radius 2 is 2.00 bits per heavy atom. The molecule has 8 nitrogen and oxygen atoms in total. The number of amides is 3. The van der Waals surface area contributed by atoms with E-state index in [-0.39, 0.29) is 17.7 Å². The number of piperidine rings is 1. The second kappa shape index (κ2) is 9.22. The van der Waals surface area contributed by atoms with Crippen LogP contribution in [0.25, 0.3) is 0 Å². The largest absolute Gasteiger partial charge is 0.488 e. The predicted octanol–water partition coefficient (Wildman–Crippen LogP) is 3.26. The van der Waals surface area contributed by atoms with Crippen LogP contribution in [0.15, 0.2) is 36.5 Å². The Kier molecular flexibility index (Phi) is 6.48. The van der Waals surface area contributed by atoms with Crippen LogP contribution in [-0.4, -0.2) is 48.1 Å². The molecule has 0 saturated carbocycles. The highest BCUT2D eigenvalue weighted by Crippen LogP contribution is 2.24. The number of pyridine rings is 1. The number of benzene rings is 1. The normalized spacial score (nSPS) is 16.1. The maximum Gasteiger partial charge on any atom is 0.323 e. The molecule has 1 aromatic heterocycles. The Balaban J connectivity index is 1.62. The average molecular weight is 402 g/mol. The molecule has 3 amide bonds. The van der Waals surface area contributed by atoms with Gasteiger partial charge in [-0.25, -0.2) is 14.2 Å². The summed E-state index contributed by atoms with van der Waals surface area (Å²) in [5.74, 6) is 0.170. The monoisotopic (exact) mass is 402 g/mol. The number of rotatable bonds is 5. The molecule has 1 aliphatic heterocycles. The van der Waals surface area contributed by atoms with Crippen LogP contribution in [0.1, 0.15) is 19.8 Å². The van der Waals surface area contributed by atoms with Gasteiger partial charge in [0, 0.05) is 37.4 Å². The topological polar surface area (TPSA) is 92.8 Å². The van der Waals surface area contributed by atoms with E-state index in [1.165, 1.54) is 32.4 Å². The molecule has 0 aliphatic carbocycles. The van der Waals surface area contributed by atoms with Gasteiger partial charge in [0.15, 0.2) is 0 Å². The van der Waals surface area contributed by atoms with Crippen molar-refractivity contribution in [1.82, 2.24) is 9.88 Å². The van der Waals surface area contributed by atoms with Gasteiger partial charge in [-0.1, -0.05) is 0 Å². The minimum atomic E-state index is -0.547. The standard InChI is InChI=1S/C20H23FN4O4/c1-13(26)25-7-3-4-17(12-25)29-18-9-14(21)8-16(10-18)24-20(27)23-15-5-6-19(28-2)22-11-15/h5-6,8-11,17H,3-4,7,12H2,1-2H3,(H2,23,24,27)/t17-/m0/s1. The first kappa shape index (κ1) is 20.4. The van der Waals surface area contributed by atoms with Crippen LogP contribution in [0.4, 0.5) is 20.6 Å². The lowest BCUT2D eigenvalue weighted by molar-refractivity contribution is -0.131. The van der Waals surface area contributed by atoms with Crippen LogP contribution in [0.5, 0.6) is 11.6 Å². The molecule has 154 valence electrons. The molecule has 0 bridgehead atoms. The van der Waals surface area contributed by atoms with E-state index in [9.17, 15) is 14.0 Å². The van der Waals surface area contributed by atoms with Crippen molar-refractivity contribution in [3.05, 3.63) is 42.3 Å². The Bertz CT molecular complexity index is 875. The fourth-order valence-electron chi connectivity index (χ4n) is 3.08. The molecule has 0 unspecified atom stereocenters. The molecule has 2 heterocycles. The number of ether oxygens (including phenoxy) is 2. The molecule has 9 heteroatoms. The molecule has 2 N–H and O–H groups in total. The van der Waals surface area contributed by atoms with E-state index >= 15 is 0 Å². The van der Waals surface area contributed by atoms with Crippen LogP contribution < -0.4 is 20.1 Å². The van der Waals surface area contributed by atoms with E-state index < -0.39 is 11.8 Å². The van der Waals surface area contributed by atoms with Gasteiger partial charge >= 0.3 is 6.03 Å². The van der Waals surface area contributed by atoms with Gasteiger partial charge < -0.3 is 25.0 Å². The third-order valence-corrected chi connectivity index (χ3v) is 4.46. The maximum atomic E-state index is 14.0. The number of nitrogens with one attached hydrogen (secondary N) is 2. The van der Waals surface area contributed by atoms with Crippen molar-refractivity contribution in [2.24, 2.45) is 0 Å². The van der Waals surface area contributed by atoms with Gasteiger partial charge in [0.2, 0.25) is 11.8 Å². The van der Waals surface area contributed by atoms with Gasteiger partial charge in [-0.15, -0.1) is 0 Å². The third-order valence-electron chi connectivity index (χ3n) is 4.46. The number of likely N-dealkylation sites (tertiary alicyclic amines) is 1. The molecule has 0 radical (unpaired) electrons. The summed E-state index contributed by atoms with van der Waals surface area (Å²) in [7, 11) is 1.50. The molecule has 0 spiro atoms. The first-order chi connectivity index (χ1) is 13.9. The minimum absolute atomic E-state index is 0.00964. The van der Waals surface area contributed by atoms with Crippen molar-refractivity contribution in [2.45, 2.75) is 25.9 Å². The van der Waals surface area contributed by atoms with Crippen molar-refractivity contribution in [3.8, 4) is 11.6 Å². The lowest BCUT2D eigenvalue weighted by Crippen LogP contribution is -2.43. The van der Waals surface area contributed by atoms with Gasteiger partial charge in [0.1, 0.15) is 17.7 Å². The van der Waals surface area contributed by atoms with E-state index in [0.29, 0.717) is 30.4 Å². The number of hydrogen-bond donors (Lipinski definition) is 2. The summed E-state index contributed by atoms with van der Waals surface area (Å²) in [6.45, 7) is 2.68. The van der Waals surface area contributed by atoms with Gasteiger partial charge in [0.25, 0.3) is 0 Å². The second-order valence-corrected chi connectivity index (χ2v) is 6.69. The lowest BCUT2D eigenvalue weighted by Gasteiger charge is -2.32. The number of carbonyl (C=O) groups is 2. The number of halogens is 1. The molecular formula is C20H23FN4O4. The van der Waals surface area contributed by atoms with Crippen LogP contribution >= 0.6 is 0 Å². The van der Waals surface area contributed by atoms with Crippen molar-refractivity contribution in [3.63, 3.8) is 0 Å². The summed E-state index contributed by atoms with van der Waals surface area (Å²) in [5, 5.41) is 5.18. The summed E-state index contributed by atoms with van der Waals surface area (Å²) in [5.41, 5.74) is 0.709. The molecule has 1 aromatic carbocycles. The minimum Gasteiger partial charge on any atom is -0.488 e. The second-order valence-electron chi connectivity index (χ2n) is 6.69. The average Bonchev–Trinajstić information content (AvgIpc) is 2.68. The maximum absolute atomic E-state index is 14.0. The smallest absolute Gasteiger partial charge is 0.323 e. The van der Waals surface area contributed by atoms with Crippen molar-refractivity contribution >= 4 is 23.3 Å². The van der Waals surface area contributed by atoms with Gasteiger partial charge in [-0.3, -0.25) is 4.79 Å². The van der Waals surface area contributed by atoms with E-state index in [1.54, 1.807) is 23.1 Å². The van der Waals surface area contributed by atoms with Crippen LogP contribution in [0.3, 0.4) is 0 Å². The van der Waals surface area contributed by atoms with Crippen molar-refractivity contribution in [1.29, 1.82) is 0 Å². The molecule has 1 aliphatic rings. The van der Waals surface area contributed by atoms with Crippen molar-refractivity contribution in [2.75, 3.05) is 30.8 Å². The molecule has 2 aromatic rings. The highest BCUT2D eigenvalue weighted by molar-refractivity contribution is 5.99. The molecular weight excluding hydrogens is 379 g/mol. The summed E-state index contributed by atoms with van der Waals surface area (Å²) < 4.78 is 24.8. The van der Waals surface area contributed by atoms with Crippen LogP contribution in [0.2, 0.25) is 0 Å². The van der Waals surface area contributed by atoms with Crippen molar-refractivity contribution < 1.29 is 23.5 Å². The Hall–Kier alpha value is -3.36. The Labute approximate surface area is 168 Å². The quantitative estimate of drug-likeness (QED) is 0.801. The first-order valence-electron chi connectivity index (χ1n) is 9.24. The fraction of sp³-hybridized carbons (Fsp3) is 0.350. The Morgan fingerprint density at radius 1 is 1.21 bits per heavy atom. The van der Waals surface area contributed by atoms with E-state index in [2.05, 4.69) is 15.6 Å². The zero-order valence-electron chi connectivity index (χ0n) is 16.3. The van der Waals surface area contributed by atoms with E-state index in [4.69, 9.17) is 9.47 Å². The number of aromatic nitrogens is 1. The highest BCUT2D eigenvalue weighted by Gasteiger charge is 2.23. The summed E-state index contributed by atoms with van der Waals surface area (Å²) in [6, 6.07) is 6.69. The zero-order valence-corrected chi connectivity index (χ0v) is 16.3. The SMILES string of the molecule is COc1ccc(NC(=O)Nc2cc(F)cc(O[C@H]3CCCN(C(C)=O)C3)c2)cn1. The van der Waals surface area contributed by atoms with Gasteiger partial charge in [0.05, 0.1) is 25.5 Å².